The highest BCUT2D eigenvalue weighted by Crippen LogP contribution is 2.20. The van der Waals surface area contributed by atoms with E-state index in [4.69, 9.17) is 9.72 Å². The Bertz CT molecular complexity index is 947. The number of rotatable bonds is 6. The molecular weight excluding hydrogens is 346 g/mol. The molecule has 1 fully saturated rings. The minimum atomic E-state index is 0.564. The van der Waals surface area contributed by atoms with Crippen molar-refractivity contribution in [3.63, 3.8) is 0 Å². The second-order valence-electron chi connectivity index (χ2n) is 7.10. The van der Waals surface area contributed by atoms with Gasteiger partial charge in [-0.05, 0) is 49.1 Å². The maximum atomic E-state index is 5.92. The fraction of sp³-hybridized carbons (Fsp3) is 0.250. The van der Waals surface area contributed by atoms with E-state index < -0.39 is 0 Å². The molecule has 4 nitrogen and oxygen atoms in total. The van der Waals surface area contributed by atoms with Crippen molar-refractivity contribution >= 4 is 18.0 Å². The van der Waals surface area contributed by atoms with E-state index in [2.05, 4.69) is 34.1 Å². The van der Waals surface area contributed by atoms with E-state index >= 15 is 0 Å². The van der Waals surface area contributed by atoms with Gasteiger partial charge in [0.25, 0.3) is 0 Å². The highest BCUT2D eigenvalue weighted by Gasteiger charge is 2.14. The molecule has 0 saturated carbocycles. The van der Waals surface area contributed by atoms with Crippen LogP contribution in [-0.4, -0.2) is 23.1 Å². The van der Waals surface area contributed by atoms with E-state index in [1.807, 2.05) is 55.5 Å². The first-order chi connectivity index (χ1) is 13.8. The number of ether oxygens (including phenoxy) is 1. The lowest BCUT2D eigenvalue weighted by Gasteiger charge is -2.16. The summed E-state index contributed by atoms with van der Waals surface area (Å²) in [5, 5.41) is 0. The average Bonchev–Trinajstić information content (AvgIpc) is 3.27. The number of hydrogen-bond acceptors (Lipinski definition) is 4. The molecule has 0 spiro atoms. The van der Waals surface area contributed by atoms with Crippen LogP contribution >= 0.6 is 0 Å². The summed E-state index contributed by atoms with van der Waals surface area (Å²) in [7, 11) is 0. The molecule has 0 aliphatic carbocycles. The van der Waals surface area contributed by atoms with Gasteiger partial charge in [-0.1, -0.05) is 48.5 Å². The summed E-state index contributed by atoms with van der Waals surface area (Å²) in [6.07, 6.45) is 6.49. The SMILES string of the molecule is Cc1cc(N2CCCC2)nc(C=Cc2cccc(OCc3ccccc3)c2)n1. The zero-order chi connectivity index (χ0) is 19.2. The lowest BCUT2D eigenvalue weighted by atomic mass is 10.2. The second-order valence-corrected chi connectivity index (χ2v) is 7.10. The minimum Gasteiger partial charge on any atom is -0.489 e. The number of nitrogens with zero attached hydrogens (tertiary/aromatic N) is 3. The Morgan fingerprint density at radius 3 is 2.57 bits per heavy atom. The number of benzene rings is 2. The van der Waals surface area contributed by atoms with Gasteiger partial charge in [-0.25, -0.2) is 9.97 Å². The lowest BCUT2D eigenvalue weighted by molar-refractivity contribution is 0.306. The molecule has 0 radical (unpaired) electrons. The minimum absolute atomic E-state index is 0.564. The first-order valence-corrected chi connectivity index (χ1v) is 9.82. The highest BCUT2D eigenvalue weighted by atomic mass is 16.5. The maximum absolute atomic E-state index is 5.92. The van der Waals surface area contributed by atoms with Crippen LogP contribution in [0.4, 0.5) is 5.82 Å². The third-order valence-electron chi connectivity index (χ3n) is 4.82. The van der Waals surface area contributed by atoms with Crippen molar-refractivity contribution in [2.24, 2.45) is 0 Å². The van der Waals surface area contributed by atoms with Crippen LogP contribution in [0.2, 0.25) is 0 Å². The molecule has 142 valence electrons. The van der Waals surface area contributed by atoms with Gasteiger partial charge in [0.1, 0.15) is 18.2 Å². The van der Waals surface area contributed by atoms with Crippen molar-refractivity contribution in [1.29, 1.82) is 0 Å². The Balaban J connectivity index is 1.46. The Labute approximate surface area is 166 Å². The number of hydrogen-bond donors (Lipinski definition) is 0. The summed E-state index contributed by atoms with van der Waals surface area (Å²) in [6, 6.07) is 20.3. The van der Waals surface area contributed by atoms with Gasteiger partial charge in [0, 0.05) is 24.8 Å². The summed E-state index contributed by atoms with van der Waals surface area (Å²) in [5.74, 6) is 2.64. The van der Waals surface area contributed by atoms with E-state index in [1.54, 1.807) is 0 Å². The van der Waals surface area contributed by atoms with Crippen LogP contribution in [0.3, 0.4) is 0 Å². The zero-order valence-corrected chi connectivity index (χ0v) is 16.2. The van der Waals surface area contributed by atoms with Crippen molar-refractivity contribution in [3.05, 3.63) is 83.3 Å². The lowest BCUT2D eigenvalue weighted by Crippen LogP contribution is -2.19. The molecule has 0 atom stereocenters. The molecule has 28 heavy (non-hydrogen) atoms. The fourth-order valence-corrected chi connectivity index (χ4v) is 3.38. The summed E-state index contributed by atoms with van der Waals surface area (Å²) in [5.41, 5.74) is 3.22. The Morgan fingerprint density at radius 2 is 1.75 bits per heavy atom. The molecule has 3 aromatic rings. The summed E-state index contributed by atoms with van der Waals surface area (Å²) < 4.78 is 5.92. The van der Waals surface area contributed by atoms with Crippen molar-refractivity contribution in [1.82, 2.24) is 9.97 Å². The third-order valence-corrected chi connectivity index (χ3v) is 4.82. The smallest absolute Gasteiger partial charge is 0.154 e. The molecule has 1 aliphatic rings. The fourth-order valence-electron chi connectivity index (χ4n) is 3.38. The second kappa shape index (κ2) is 8.70. The van der Waals surface area contributed by atoms with E-state index in [0.717, 1.165) is 47.3 Å². The van der Waals surface area contributed by atoms with E-state index in [0.29, 0.717) is 6.61 Å². The molecule has 1 saturated heterocycles. The van der Waals surface area contributed by atoms with Crippen LogP contribution < -0.4 is 9.64 Å². The van der Waals surface area contributed by atoms with Gasteiger partial charge in [0.2, 0.25) is 0 Å². The molecule has 0 bridgehead atoms. The van der Waals surface area contributed by atoms with Gasteiger partial charge in [-0.15, -0.1) is 0 Å². The van der Waals surface area contributed by atoms with Crippen molar-refractivity contribution in [2.75, 3.05) is 18.0 Å². The zero-order valence-electron chi connectivity index (χ0n) is 16.2. The van der Waals surface area contributed by atoms with Crippen molar-refractivity contribution < 1.29 is 4.74 Å². The molecule has 2 aromatic carbocycles. The number of aryl methyl sites for hydroxylation is 1. The molecular formula is C24H25N3O. The van der Waals surface area contributed by atoms with E-state index in [1.165, 1.54) is 12.8 Å². The summed E-state index contributed by atoms with van der Waals surface area (Å²) in [4.78, 5) is 11.6. The normalized spacial score (nSPS) is 14.0. The maximum Gasteiger partial charge on any atom is 0.154 e. The third kappa shape index (κ3) is 4.77. The van der Waals surface area contributed by atoms with Crippen molar-refractivity contribution in [2.45, 2.75) is 26.4 Å². The van der Waals surface area contributed by atoms with Crippen LogP contribution in [0.1, 0.15) is 35.5 Å². The quantitative estimate of drug-likeness (QED) is 0.602. The van der Waals surface area contributed by atoms with E-state index in [-0.39, 0.29) is 0 Å². The van der Waals surface area contributed by atoms with Gasteiger partial charge < -0.3 is 9.64 Å². The Morgan fingerprint density at radius 1 is 0.929 bits per heavy atom. The molecule has 4 rings (SSSR count). The molecule has 1 aromatic heterocycles. The standard InChI is InChI=1S/C24H25N3O/c1-19-16-24(27-14-5-6-15-27)26-23(25-19)13-12-20-10-7-11-22(17-20)28-18-21-8-3-2-4-9-21/h2-4,7-13,16-17H,5-6,14-15,18H2,1H3. The van der Waals surface area contributed by atoms with Gasteiger partial charge in [-0.3, -0.25) is 0 Å². The van der Waals surface area contributed by atoms with Crippen LogP contribution in [-0.2, 0) is 6.61 Å². The van der Waals surface area contributed by atoms with Crippen LogP contribution in [0.25, 0.3) is 12.2 Å². The van der Waals surface area contributed by atoms with Crippen LogP contribution in [0.15, 0.2) is 60.7 Å². The Hall–Kier alpha value is -3.14. The first-order valence-electron chi connectivity index (χ1n) is 9.82. The average molecular weight is 371 g/mol. The molecule has 0 unspecified atom stereocenters. The topological polar surface area (TPSA) is 38.2 Å². The molecule has 1 aliphatic heterocycles. The van der Waals surface area contributed by atoms with Crippen LogP contribution in [0.5, 0.6) is 5.75 Å². The van der Waals surface area contributed by atoms with Gasteiger partial charge >= 0.3 is 0 Å². The monoisotopic (exact) mass is 371 g/mol. The molecule has 0 amide bonds. The van der Waals surface area contributed by atoms with Gasteiger partial charge in [0.05, 0.1) is 0 Å². The van der Waals surface area contributed by atoms with Crippen LogP contribution in [0, 0.1) is 6.92 Å². The van der Waals surface area contributed by atoms with E-state index in [9.17, 15) is 0 Å². The summed E-state index contributed by atoms with van der Waals surface area (Å²) >= 11 is 0. The van der Waals surface area contributed by atoms with Gasteiger partial charge in [0.15, 0.2) is 5.82 Å². The number of anilines is 1. The molecule has 4 heteroatoms. The summed E-state index contributed by atoms with van der Waals surface area (Å²) in [6.45, 7) is 4.76. The molecule has 2 heterocycles. The highest BCUT2D eigenvalue weighted by molar-refractivity contribution is 5.68. The van der Waals surface area contributed by atoms with Crippen molar-refractivity contribution in [3.8, 4) is 5.75 Å². The molecule has 0 N–H and O–H groups in total. The van der Waals surface area contributed by atoms with Gasteiger partial charge in [-0.2, -0.15) is 0 Å². The predicted octanol–water partition coefficient (Wildman–Crippen LogP) is 5.13. The Kier molecular flexibility index (Phi) is 5.66. The first kappa shape index (κ1) is 18.2. The number of aromatic nitrogens is 2. The largest absolute Gasteiger partial charge is 0.489 e. The predicted molar refractivity (Wildman–Crippen MR) is 114 cm³/mol.